The first-order valence-corrected chi connectivity index (χ1v) is 11.4. The number of aliphatic imine (C=N–C) groups is 1. The third kappa shape index (κ3) is 9.30. The highest BCUT2D eigenvalue weighted by Gasteiger charge is 2.16. The summed E-state index contributed by atoms with van der Waals surface area (Å²) in [6, 6.07) is 18.4. The monoisotopic (exact) mass is 564 g/mol. The van der Waals surface area contributed by atoms with E-state index in [2.05, 4.69) is 61.1 Å². The van der Waals surface area contributed by atoms with Crippen molar-refractivity contribution < 1.29 is 4.79 Å². The Labute approximate surface area is 215 Å². The van der Waals surface area contributed by atoms with Gasteiger partial charge in [-0.05, 0) is 29.7 Å². The molecular formula is C25H37IN6O. The van der Waals surface area contributed by atoms with Gasteiger partial charge in [-0.15, -0.1) is 24.0 Å². The quantitative estimate of drug-likeness (QED) is 0.248. The molecule has 0 aliphatic carbocycles. The Balaban J connectivity index is 0.00000385. The molecule has 2 aromatic carbocycles. The molecule has 2 aromatic rings. The van der Waals surface area contributed by atoms with Crippen LogP contribution in [0, 0.1) is 0 Å². The molecule has 1 amide bonds. The maximum Gasteiger partial charge on any atom is 0.251 e. The van der Waals surface area contributed by atoms with Crippen LogP contribution in [0.3, 0.4) is 0 Å². The Morgan fingerprint density at radius 1 is 0.909 bits per heavy atom. The Kier molecular flexibility index (Phi) is 12.2. The number of halogens is 1. The largest absolute Gasteiger partial charge is 0.356 e. The first-order valence-electron chi connectivity index (χ1n) is 11.4. The van der Waals surface area contributed by atoms with Gasteiger partial charge in [0, 0.05) is 72.0 Å². The van der Waals surface area contributed by atoms with Crippen molar-refractivity contribution in [3.63, 3.8) is 0 Å². The lowest BCUT2D eigenvalue weighted by Gasteiger charge is -2.34. The molecule has 7 nitrogen and oxygen atoms in total. The normalized spacial score (nSPS) is 14.9. The Bertz CT molecular complexity index is 868. The Morgan fingerprint density at radius 2 is 1.58 bits per heavy atom. The van der Waals surface area contributed by atoms with Crippen LogP contribution in [0.15, 0.2) is 59.6 Å². The van der Waals surface area contributed by atoms with E-state index in [9.17, 15) is 4.79 Å². The summed E-state index contributed by atoms with van der Waals surface area (Å²) in [6.07, 6.45) is 0.828. The summed E-state index contributed by atoms with van der Waals surface area (Å²) in [5, 5.41) is 9.44. The second-order valence-corrected chi connectivity index (χ2v) is 8.06. The fourth-order valence-corrected chi connectivity index (χ4v) is 3.90. The third-order valence-electron chi connectivity index (χ3n) is 5.78. The lowest BCUT2D eigenvalue weighted by Crippen LogP contribution is -2.49. The van der Waals surface area contributed by atoms with Crippen LogP contribution in [0.25, 0.3) is 0 Å². The second kappa shape index (κ2) is 14.9. The molecule has 3 N–H and O–H groups in total. The number of rotatable bonds is 9. The highest BCUT2D eigenvalue weighted by molar-refractivity contribution is 14.0. The van der Waals surface area contributed by atoms with E-state index in [0.29, 0.717) is 5.56 Å². The summed E-state index contributed by atoms with van der Waals surface area (Å²) in [5.74, 6) is 0.758. The van der Waals surface area contributed by atoms with Crippen LogP contribution in [-0.2, 0) is 13.0 Å². The molecule has 0 bridgehead atoms. The molecule has 8 heteroatoms. The van der Waals surface area contributed by atoms with E-state index in [4.69, 9.17) is 0 Å². The number of amides is 1. The van der Waals surface area contributed by atoms with Crippen molar-refractivity contribution >= 4 is 35.8 Å². The van der Waals surface area contributed by atoms with Crippen molar-refractivity contribution in [1.82, 2.24) is 25.8 Å². The Hall–Kier alpha value is -2.17. The number of benzene rings is 2. The van der Waals surface area contributed by atoms with Crippen LogP contribution < -0.4 is 16.0 Å². The van der Waals surface area contributed by atoms with E-state index in [-0.39, 0.29) is 29.9 Å². The molecule has 0 aromatic heterocycles. The van der Waals surface area contributed by atoms with E-state index in [0.717, 1.165) is 70.3 Å². The van der Waals surface area contributed by atoms with Gasteiger partial charge in [-0.2, -0.15) is 0 Å². The van der Waals surface area contributed by atoms with Gasteiger partial charge in [0.15, 0.2) is 5.96 Å². The average Bonchev–Trinajstić information content (AvgIpc) is 2.84. The minimum atomic E-state index is -0.0572. The van der Waals surface area contributed by atoms with Crippen LogP contribution in [0.4, 0.5) is 0 Å². The highest BCUT2D eigenvalue weighted by atomic mass is 127. The zero-order valence-corrected chi connectivity index (χ0v) is 22.0. The number of hydrogen-bond donors (Lipinski definition) is 3. The van der Waals surface area contributed by atoms with E-state index in [1.807, 2.05) is 24.3 Å². The minimum Gasteiger partial charge on any atom is -0.356 e. The van der Waals surface area contributed by atoms with Gasteiger partial charge in [-0.3, -0.25) is 19.6 Å². The fraction of sp³-hybridized carbons (Fsp3) is 0.440. The van der Waals surface area contributed by atoms with Gasteiger partial charge in [0.1, 0.15) is 0 Å². The molecule has 1 aliphatic rings. The van der Waals surface area contributed by atoms with Crippen LogP contribution in [0.5, 0.6) is 0 Å². The van der Waals surface area contributed by atoms with Crippen molar-refractivity contribution in [2.45, 2.75) is 13.0 Å². The summed E-state index contributed by atoms with van der Waals surface area (Å²) in [7, 11) is 3.45. The molecule has 180 valence electrons. The van der Waals surface area contributed by atoms with E-state index >= 15 is 0 Å². The summed E-state index contributed by atoms with van der Waals surface area (Å²) in [5.41, 5.74) is 3.21. The minimum absolute atomic E-state index is 0. The second-order valence-electron chi connectivity index (χ2n) is 8.06. The summed E-state index contributed by atoms with van der Waals surface area (Å²) in [4.78, 5) is 21.1. The van der Waals surface area contributed by atoms with Crippen molar-refractivity contribution in [2.24, 2.45) is 4.99 Å². The maximum atomic E-state index is 11.8. The van der Waals surface area contributed by atoms with Crippen LogP contribution in [0.2, 0.25) is 0 Å². The molecule has 1 heterocycles. The number of carbonyl (C=O) groups is 1. The summed E-state index contributed by atoms with van der Waals surface area (Å²) >= 11 is 0. The van der Waals surface area contributed by atoms with Gasteiger partial charge in [0.2, 0.25) is 0 Å². The number of nitrogens with zero attached hydrogens (tertiary/aromatic N) is 3. The number of carbonyl (C=O) groups excluding carboxylic acids is 1. The van der Waals surface area contributed by atoms with E-state index in [1.54, 1.807) is 14.1 Å². The SMILES string of the molecule is CN=C(NCCc1cccc(C(=O)NC)c1)NCCN1CCN(Cc2ccccc2)CC1.I. The molecule has 33 heavy (non-hydrogen) atoms. The van der Waals surface area contributed by atoms with Crippen molar-refractivity contribution in [3.05, 3.63) is 71.3 Å². The highest BCUT2D eigenvalue weighted by Crippen LogP contribution is 2.08. The predicted molar refractivity (Wildman–Crippen MR) is 146 cm³/mol. The Morgan fingerprint density at radius 3 is 2.27 bits per heavy atom. The van der Waals surface area contributed by atoms with Gasteiger partial charge < -0.3 is 16.0 Å². The van der Waals surface area contributed by atoms with Gasteiger partial charge in [-0.1, -0.05) is 42.5 Å². The molecule has 0 atom stereocenters. The first-order chi connectivity index (χ1) is 15.7. The van der Waals surface area contributed by atoms with Crippen LogP contribution >= 0.6 is 24.0 Å². The smallest absolute Gasteiger partial charge is 0.251 e. The van der Waals surface area contributed by atoms with Crippen LogP contribution in [0.1, 0.15) is 21.5 Å². The molecule has 0 unspecified atom stereocenters. The van der Waals surface area contributed by atoms with Crippen molar-refractivity contribution in [1.29, 1.82) is 0 Å². The van der Waals surface area contributed by atoms with Gasteiger partial charge in [0.05, 0.1) is 0 Å². The van der Waals surface area contributed by atoms with Crippen LogP contribution in [-0.4, -0.2) is 81.6 Å². The van der Waals surface area contributed by atoms with Gasteiger partial charge in [-0.25, -0.2) is 0 Å². The summed E-state index contributed by atoms with van der Waals surface area (Å²) in [6.45, 7) is 8.08. The number of hydrogen-bond acceptors (Lipinski definition) is 4. The molecular weight excluding hydrogens is 527 g/mol. The number of guanidine groups is 1. The fourth-order valence-electron chi connectivity index (χ4n) is 3.90. The van der Waals surface area contributed by atoms with Crippen molar-refractivity contribution in [3.8, 4) is 0 Å². The molecule has 0 radical (unpaired) electrons. The van der Waals surface area contributed by atoms with E-state index < -0.39 is 0 Å². The van der Waals surface area contributed by atoms with Gasteiger partial charge in [0.25, 0.3) is 5.91 Å². The molecule has 3 rings (SSSR count). The lowest BCUT2D eigenvalue weighted by molar-refractivity contribution is 0.0963. The number of piperazine rings is 1. The zero-order valence-electron chi connectivity index (χ0n) is 19.7. The standard InChI is InChI=1S/C25H36N6O.HI/c1-26-24(32)23-10-6-9-21(19-23)11-12-28-25(27-2)29-13-14-30-15-17-31(18-16-30)20-22-7-4-3-5-8-22;/h3-10,19H,11-18,20H2,1-2H3,(H,26,32)(H2,27,28,29);1H. The average molecular weight is 565 g/mol. The maximum absolute atomic E-state index is 11.8. The molecule has 0 saturated carbocycles. The topological polar surface area (TPSA) is 72.0 Å². The van der Waals surface area contributed by atoms with E-state index in [1.165, 1.54) is 5.56 Å². The first kappa shape index (κ1) is 27.1. The molecule has 0 spiro atoms. The zero-order chi connectivity index (χ0) is 22.6. The molecule has 1 aliphatic heterocycles. The van der Waals surface area contributed by atoms with Gasteiger partial charge >= 0.3 is 0 Å². The number of nitrogens with one attached hydrogen (secondary N) is 3. The third-order valence-corrected chi connectivity index (χ3v) is 5.78. The molecule has 1 saturated heterocycles. The lowest BCUT2D eigenvalue weighted by atomic mass is 10.1. The van der Waals surface area contributed by atoms with Crippen molar-refractivity contribution in [2.75, 3.05) is 59.9 Å². The molecule has 1 fully saturated rings. The summed E-state index contributed by atoms with van der Waals surface area (Å²) < 4.78 is 0. The predicted octanol–water partition coefficient (Wildman–Crippen LogP) is 2.19.